The molecule has 12 heavy (non-hydrogen) atoms. The molecule has 0 bridgehead atoms. The number of ketones is 1. The van der Waals surface area contributed by atoms with Gasteiger partial charge in [0.2, 0.25) is 0 Å². The molecule has 0 aromatic heterocycles. The molecular weight excluding hydrogens is 241 g/mol. The number of Topliss-reactive ketones (excluding diaryl/α,β-unsaturated/α-hetero) is 1. The Morgan fingerprint density at radius 3 is 1.25 bits per heavy atom. The van der Waals surface area contributed by atoms with E-state index in [0.717, 1.165) is 0 Å². The van der Waals surface area contributed by atoms with Crippen LogP contribution in [0.5, 0.6) is 0 Å². The smallest absolute Gasteiger partial charge is 0.790 e. The monoisotopic (exact) mass is 250 g/mol. The summed E-state index contributed by atoms with van der Waals surface area (Å²) < 4.78 is 8.66. The zero-order valence-electron chi connectivity index (χ0n) is 7.53. The van der Waals surface area contributed by atoms with E-state index in [2.05, 4.69) is 0 Å². The van der Waals surface area contributed by atoms with Crippen LogP contribution < -0.4 is 113 Å². The Morgan fingerprint density at radius 2 is 1.25 bits per heavy atom. The van der Waals surface area contributed by atoms with Crippen LogP contribution >= 0.6 is 7.82 Å². The molecular formula is C3H9K2O6P. The summed E-state index contributed by atoms with van der Waals surface area (Å²) in [6.45, 7) is 3.06. The molecule has 6 nitrogen and oxygen atoms in total. The number of rotatable bonds is 0. The Bertz CT molecular complexity index is 120. The predicted octanol–water partition coefficient (Wildman–Crippen LogP) is -8.41. The van der Waals surface area contributed by atoms with E-state index in [1.54, 1.807) is 0 Å². The molecule has 3 N–H and O–H groups in total. The topological polar surface area (TPSA) is 132 Å². The van der Waals surface area contributed by atoms with Gasteiger partial charge in [-0.15, -0.1) is 0 Å². The molecule has 0 heterocycles. The maximum Gasteiger partial charge on any atom is 1.00 e. The molecule has 0 amide bonds. The fourth-order valence-electron chi connectivity index (χ4n) is 0. The molecule has 0 rings (SSSR count). The van der Waals surface area contributed by atoms with Gasteiger partial charge in [0, 0.05) is 0 Å². The molecule has 0 aliphatic heterocycles. The second-order valence-electron chi connectivity index (χ2n) is 1.38. The molecule has 0 fully saturated rings. The molecule has 0 radical (unpaired) electrons. The van der Waals surface area contributed by atoms with Gasteiger partial charge in [0.25, 0.3) is 0 Å². The Kier molecular flexibility index (Phi) is 40.3. The SMILES string of the molecule is CC(C)=O.O.O=P([O-])([O-])O.[K+].[K+]. The number of carbonyl (C=O) groups is 1. The number of hydrogen-bond donors (Lipinski definition) is 1. The molecule has 64 valence electrons. The van der Waals surface area contributed by atoms with E-state index in [4.69, 9.17) is 19.2 Å². The third-order valence-electron chi connectivity index (χ3n) is 0. The molecule has 0 spiro atoms. The van der Waals surface area contributed by atoms with Gasteiger partial charge in [-0.05, 0) is 13.8 Å². The van der Waals surface area contributed by atoms with E-state index in [1.807, 2.05) is 0 Å². The van der Waals surface area contributed by atoms with Crippen LogP contribution in [-0.4, -0.2) is 16.2 Å². The normalized spacial score (nSPS) is 7.08. The fraction of sp³-hybridized carbons (Fsp3) is 0.667. The maximum absolute atomic E-state index is 9.44. The van der Waals surface area contributed by atoms with Gasteiger partial charge in [-0.2, -0.15) is 0 Å². The van der Waals surface area contributed by atoms with E-state index in [-0.39, 0.29) is 114 Å². The maximum atomic E-state index is 9.44. The van der Waals surface area contributed by atoms with Crippen LogP contribution in [0.25, 0.3) is 0 Å². The van der Waals surface area contributed by atoms with Crippen molar-refractivity contribution in [2.45, 2.75) is 13.8 Å². The molecule has 0 aromatic carbocycles. The van der Waals surface area contributed by atoms with Gasteiger partial charge < -0.3 is 29.5 Å². The van der Waals surface area contributed by atoms with Crippen LogP contribution in [0.4, 0.5) is 0 Å². The predicted molar refractivity (Wildman–Crippen MR) is 29.8 cm³/mol. The summed E-state index contributed by atoms with van der Waals surface area (Å²) in [5.74, 6) is 0.167. The van der Waals surface area contributed by atoms with Crippen LogP contribution in [0.15, 0.2) is 0 Å². The minimum atomic E-state index is -5.14. The average Bonchev–Trinajstić information content (AvgIpc) is 1.19. The minimum Gasteiger partial charge on any atom is -0.790 e. The van der Waals surface area contributed by atoms with Crippen LogP contribution in [0.2, 0.25) is 0 Å². The summed E-state index contributed by atoms with van der Waals surface area (Å²) in [6, 6.07) is 0. The van der Waals surface area contributed by atoms with Crippen molar-refractivity contribution < 1.29 is 132 Å². The summed E-state index contributed by atoms with van der Waals surface area (Å²) in [7, 11) is -5.14. The van der Waals surface area contributed by atoms with Crippen LogP contribution in [0.1, 0.15) is 13.8 Å². The molecule has 0 aromatic rings. The van der Waals surface area contributed by atoms with E-state index < -0.39 is 7.82 Å². The van der Waals surface area contributed by atoms with Gasteiger partial charge in [0.05, 0.1) is 7.82 Å². The van der Waals surface area contributed by atoms with Crippen molar-refractivity contribution in [1.82, 2.24) is 0 Å². The van der Waals surface area contributed by atoms with Crippen molar-refractivity contribution in [2.75, 3.05) is 0 Å². The van der Waals surface area contributed by atoms with Gasteiger partial charge in [-0.1, -0.05) is 0 Å². The Hall–Kier alpha value is 3.01. The zero-order chi connectivity index (χ0) is 8.08. The second-order valence-corrected chi connectivity index (χ2v) is 2.31. The van der Waals surface area contributed by atoms with E-state index >= 15 is 0 Å². The van der Waals surface area contributed by atoms with Gasteiger partial charge >= 0.3 is 103 Å². The summed E-state index contributed by atoms with van der Waals surface area (Å²) in [5.41, 5.74) is 0. The standard InChI is InChI=1S/C3H6O.2K.H3O4P.H2O/c1-3(2)4;;;1-5(2,3)4;/h1-2H3;;;(H3,1,2,3,4);1H2/q;2*+1;;/p-2. The number of carbonyl (C=O) groups excluding carboxylic acids is 1. The Labute approximate surface area is 156 Å². The van der Waals surface area contributed by atoms with Crippen molar-refractivity contribution in [3.8, 4) is 0 Å². The Balaban J connectivity index is -0.0000000221. The van der Waals surface area contributed by atoms with Gasteiger partial charge in [0.15, 0.2) is 0 Å². The molecule has 0 unspecified atom stereocenters. The largest absolute Gasteiger partial charge is 1.00 e. The first-order chi connectivity index (χ1) is 3.73. The van der Waals surface area contributed by atoms with E-state index in [9.17, 15) is 4.79 Å². The van der Waals surface area contributed by atoms with Gasteiger partial charge in [-0.3, -0.25) is 0 Å². The quantitative estimate of drug-likeness (QED) is 0.337. The minimum absolute atomic E-state index is 0. The molecule has 0 atom stereocenters. The zero-order valence-corrected chi connectivity index (χ0v) is 14.7. The summed E-state index contributed by atoms with van der Waals surface area (Å²) in [4.78, 5) is 33.7. The number of phosphoric acid groups is 1. The summed E-state index contributed by atoms with van der Waals surface area (Å²) in [6.07, 6.45) is 0. The third-order valence-corrected chi connectivity index (χ3v) is 0. The Morgan fingerprint density at radius 1 is 1.25 bits per heavy atom. The van der Waals surface area contributed by atoms with Crippen LogP contribution in [0.3, 0.4) is 0 Å². The van der Waals surface area contributed by atoms with Crippen molar-refractivity contribution >= 4 is 13.6 Å². The first kappa shape index (κ1) is 29.4. The van der Waals surface area contributed by atoms with Crippen LogP contribution in [-0.2, 0) is 9.36 Å². The summed E-state index contributed by atoms with van der Waals surface area (Å²) >= 11 is 0. The molecule has 0 saturated carbocycles. The van der Waals surface area contributed by atoms with Crippen molar-refractivity contribution in [3.63, 3.8) is 0 Å². The fourth-order valence-corrected chi connectivity index (χ4v) is 0. The molecule has 0 aliphatic carbocycles. The van der Waals surface area contributed by atoms with Crippen molar-refractivity contribution in [1.29, 1.82) is 0 Å². The van der Waals surface area contributed by atoms with Crippen LogP contribution in [0, 0.1) is 0 Å². The molecule has 0 aliphatic rings. The third kappa shape index (κ3) is 207. The first-order valence-corrected chi connectivity index (χ1v) is 3.45. The van der Waals surface area contributed by atoms with E-state index in [1.165, 1.54) is 13.8 Å². The van der Waals surface area contributed by atoms with Gasteiger partial charge in [0.1, 0.15) is 5.78 Å². The van der Waals surface area contributed by atoms with E-state index in [0.29, 0.717) is 0 Å². The molecule has 0 saturated heterocycles. The summed E-state index contributed by atoms with van der Waals surface area (Å²) in [5, 5.41) is 0. The first-order valence-electron chi connectivity index (χ1n) is 1.95. The average molecular weight is 250 g/mol. The van der Waals surface area contributed by atoms with Crippen molar-refractivity contribution in [2.24, 2.45) is 0 Å². The van der Waals surface area contributed by atoms with Gasteiger partial charge in [-0.25, -0.2) is 0 Å². The number of hydrogen-bond acceptors (Lipinski definition) is 4. The molecule has 9 heteroatoms. The van der Waals surface area contributed by atoms with Crippen molar-refractivity contribution in [3.05, 3.63) is 0 Å². The second kappa shape index (κ2) is 16.4.